The van der Waals surface area contributed by atoms with Gasteiger partial charge in [-0.1, -0.05) is 23.7 Å². The summed E-state index contributed by atoms with van der Waals surface area (Å²) in [5.74, 6) is -1.41. The average Bonchev–Trinajstić information content (AvgIpc) is 2.78. The molecule has 2 aromatic rings. The van der Waals surface area contributed by atoms with E-state index in [1.54, 1.807) is 36.4 Å². The number of benzene rings is 2. The number of hydrogen-bond donors (Lipinski definition) is 1. The summed E-state index contributed by atoms with van der Waals surface area (Å²) in [6, 6.07) is 9.90. The Morgan fingerprint density at radius 1 is 1.17 bits per heavy atom. The maximum Gasteiger partial charge on any atom is 0.262 e. The molecule has 0 fully saturated rings. The third-order valence-electron chi connectivity index (χ3n) is 3.70. The van der Waals surface area contributed by atoms with E-state index in [2.05, 4.69) is 21.2 Å². The number of anilines is 1. The van der Waals surface area contributed by atoms with Gasteiger partial charge >= 0.3 is 0 Å². The van der Waals surface area contributed by atoms with Crippen LogP contribution < -0.4 is 5.32 Å². The SMILES string of the molecule is Cc1cc(Br)c(NC(=O)CN2C(=O)c3ccccc3C2=O)cc1Cl. The molecule has 24 heavy (non-hydrogen) atoms. The minimum Gasteiger partial charge on any atom is -0.323 e. The van der Waals surface area contributed by atoms with Gasteiger partial charge in [0.15, 0.2) is 0 Å². The van der Waals surface area contributed by atoms with Crippen molar-refractivity contribution in [3.63, 3.8) is 0 Å². The highest BCUT2D eigenvalue weighted by Crippen LogP contribution is 2.29. The van der Waals surface area contributed by atoms with Gasteiger partial charge in [0.2, 0.25) is 5.91 Å². The summed E-state index contributed by atoms with van der Waals surface area (Å²) in [6.07, 6.45) is 0. The molecule has 0 unspecified atom stereocenters. The lowest BCUT2D eigenvalue weighted by Gasteiger charge is -2.15. The zero-order chi connectivity index (χ0) is 17.4. The van der Waals surface area contributed by atoms with E-state index < -0.39 is 17.7 Å². The third kappa shape index (κ3) is 2.95. The van der Waals surface area contributed by atoms with E-state index in [9.17, 15) is 14.4 Å². The van der Waals surface area contributed by atoms with Crippen LogP contribution in [0.5, 0.6) is 0 Å². The summed E-state index contributed by atoms with van der Waals surface area (Å²) in [5.41, 5.74) is 1.97. The van der Waals surface area contributed by atoms with Crippen molar-refractivity contribution in [1.29, 1.82) is 0 Å². The van der Waals surface area contributed by atoms with Crippen molar-refractivity contribution >= 4 is 50.9 Å². The highest BCUT2D eigenvalue weighted by molar-refractivity contribution is 9.10. The van der Waals surface area contributed by atoms with Gasteiger partial charge in [0.05, 0.1) is 16.8 Å². The summed E-state index contributed by atoms with van der Waals surface area (Å²) in [7, 11) is 0. The van der Waals surface area contributed by atoms with Gasteiger partial charge in [-0.25, -0.2) is 0 Å². The van der Waals surface area contributed by atoms with Crippen molar-refractivity contribution in [2.75, 3.05) is 11.9 Å². The first kappa shape index (κ1) is 16.7. The van der Waals surface area contributed by atoms with Crippen LogP contribution in [0, 0.1) is 6.92 Å². The Morgan fingerprint density at radius 2 is 1.75 bits per heavy atom. The second-order valence-corrected chi connectivity index (χ2v) is 6.63. The fourth-order valence-electron chi connectivity index (χ4n) is 2.46. The van der Waals surface area contributed by atoms with Crippen LogP contribution in [0.15, 0.2) is 40.9 Å². The van der Waals surface area contributed by atoms with Crippen molar-refractivity contribution in [1.82, 2.24) is 4.90 Å². The van der Waals surface area contributed by atoms with Gasteiger partial charge in [0, 0.05) is 9.50 Å². The Bertz CT molecular complexity index is 847. The molecule has 0 atom stereocenters. The second-order valence-electron chi connectivity index (χ2n) is 5.37. The van der Waals surface area contributed by atoms with Crippen LogP contribution in [0.1, 0.15) is 26.3 Å². The highest BCUT2D eigenvalue weighted by atomic mass is 79.9. The van der Waals surface area contributed by atoms with Crippen LogP contribution in [0.25, 0.3) is 0 Å². The Balaban J connectivity index is 1.76. The first-order valence-corrected chi connectivity index (χ1v) is 8.26. The van der Waals surface area contributed by atoms with Crippen LogP contribution >= 0.6 is 27.5 Å². The lowest BCUT2D eigenvalue weighted by atomic mass is 10.1. The van der Waals surface area contributed by atoms with E-state index in [-0.39, 0.29) is 6.54 Å². The summed E-state index contributed by atoms with van der Waals surface area (Å²) in [6.45, 7) is 1.49. The zero-order valence-electron chi connectivity index (χ0n) is 12.6. The molecule has 0 aromatic heterocycles. The van der Waals surface area contributed by atoms with Crippen LogP contribution in [-0.4, -0.2) is 29.2 Å². The number of hydrogen-bond acceptors (Lipinski definition) is 3. The molecule has 0 saturated carbocycles. The number of nitrogens with zero attached hydrogens (tertiary/aromatic N) is 1. The molecule has 5 nitrogen and oxygen atoms in total. The number of carbonyl (C=O) groups excluding carboxylic acids is 3. The number of nitrogens with one attached hydrogen (secondary N) is 1. The predicted molar refractivity (Wildman–Crippen MR) is 94.3 cm³/mol. The van der Waals surface area contributed by atoms with Crippen molar-refractivity contribution < 1.29 is 14.4 Å². The monoisotopic (exact) mass is 406 g/mol. The smallest absolute Gasteiger partial charge is 0.262 e. The van der Waals surface area contributed by atoms with Gasteiger partial charge in [0.1, 0.15) is 6.54 Å². The van der Waals surface area contributed by atoms with E-state index in [1.807, 2.05) is 6.92 Å². The molecule has 2 aromatic carbocycles. The maximum atomic E-state index is 12.3. The molecule has 0 saturated heterocycles. The van der Waals surface area contributed by atoms with E-state index in [4.69, 9.17) is 11.6 Å². The molecule has 3 amide bonds. The number of halogens is 2. The average molecular weight is 408 g/mol. The molecule has 1 N–H and O–H groups in total. The fourth-order valence-corrected chi connectivity index (χ4v) is 3.18. The van der Waals surface area contributed by atoms with Gasteiger partial charge in [-0.05, 0) is 52.7 Å². The van der Waals surface area contributed by atoms with Gasteiger partial charge in [-0.3, -0.25) is 19.3 Å². The van der Waals surface area contributed by atoms with Crippen molar-refractivity contribution in [3.05, 3.63) is 62.6 Å². The van der Waals surface area contributed by atoms with Gasteiger partial charge < -0.3 is 5.32 Å². The fraction of sp³-hybridized carbons (Fsp3) is 0.118. The van der Waals surface area contributed by atoms with Crippen molar-refractivity contribution in [2.24, 2.45) is 0 Å². The lowest BCUT2D eigenvalue weighted by Crippen LogP contribution is -2.37. The Morgan fingerprint density at radius 3 is 2.33 bits per heavy atom. The molecule has 122 valence electrons. The minimum absolute atomic E-state index is 0.315. The van der Waals surface area contributed by atoms with Crippen LogP contribution in [0.2, 0.25) is 5.02 Å². The van der Waals surface area contributed by atoms with Gasteiger partial charge in [-0.15, -0.1) is 0 Å². The summed E-state index contributed by atoms with van der Waals surface area (Å²) >= 11 is 9.40. The first-order chi connectivity index (χ1) is 11.4. The molecule has 0 bridgehead atoms. The molecular weight excluding hydrogens is 396 g/mol. The molecular formula is C17H12BrClN2O3. The van der Waals surface area contributed by atoms with Gasteiger partial charge in [0.25, 0.3) is 11.8 Å². The largest absolute Gasteiger partial charge is 0.323 e. The summed E-state index contributed by atoms with van der Waals surface area (Å²) in [4.78, 5) is 37.7. The minimum atomic E-state index is -0.481. The number of fused-ring (bicyclic) bond motifs is 1. The molecule has 3 rings (SSSR count). The van der Waals surface area contributed by atoms with Crippen LogP contribution in [0.4, 0.5) is 5.69 Å². The second kappa shape index (κ2) is 6.37. The highest BCUT2D eigenvalue weighted by Gasteiger charge is 2.36. The number of imide groups is 1. The Kier molecular flexibility index (Phi) is 4.43. The molecule has 0 spiro atoms. The molecule has 1 aliphatic heterocycles. The number of aryl methyl sites for hydroxylation is 1. The van der Waals surface area contributed by atoms with Gasteiger partial charge in [-0.2, -0.15) is 0 Å². The zero-order valence-corrected chi connectivity index (χ0v) is 14.9. The summed E-state index contributed by atoms with van der Waals surface area (Å²) in [5, 5.41) is 3.17. The molecule has 1 heterocycles. The van der Waals surface area contributed by atoms with Crippen LogP contribution in [0.3, 0.4) is 0 Å². The molecule has 0 aliphatic carbocycles. The number of rotatable bonds is 3. The maximum absolute atomic E-state index is 12.3. The Labute approximate surface area is 151 Å². The topological polar surface area (TPSA) is 66.5 Å². The predicted octanol–water partition coefficient (Wildman–Crippen LogP) is 3.65. The molecule has 7 heteroatoms. The van der Waals surface area contributed by atoms with E-state index in [1.165, 1.54) is 0 Å². The standard InChI is InChI=1S/C17H12BrClN2O3/c1-9-6-12(18)14(7-13(9)19)20-15(22)8-21-16(23)10-4-2-3-5-11(10)17(21)24/h2-7H,8H2,1H3,(H,20,22). The van der Waals surface area contributed by atoms with Crippen LogP contribution in [-0.2, 0) is 4.79 Å². The number of amides is 3. The molecule has 1 aliphatic rings. The van der Waals surface area contributed by atoms with Crippen molar-refractivity contribution in [2.45, 2.75) is 6.92 Å². The molecule has 0 radical (unpaired) electrons. The lowest BCUT2D eigenvalue weighted by molar-refractivity contribution is -0.116. The quantitative estimate of drug-likeness (QED) is 0.790. The van der Waals surface area contributed by atoms with Crippen molar-refractivity contribution in [3.8, 4) is 0 Å². The first-order valence-electron chi connectivity index (χ1n) is 7.09. The van der Waals surface area contributed by atoms with E-state index in [0.29, 0.717) is 26.3 Å². The number of carbonyl (C=O) groups is 3. The summed E-state index contributed by atoms with van der Waals surface area (Å²) < 4.78 is 0.667. The Hall–Kier alpha value is -2.18. The van der Waals surface area contributed by atoms with E-state index in [0.717, 1.165) is 10.5 Å². The van der Waals surface area contributed by atoms with E-state index >= 15 is 0 Å². The third-order valence-corrected chi connectivity index (χ3v) is 4.77. The normalized spacial score (nSPS) is 13.2.